The van der Waals surface area contributed by atoms with E-state index in [-0.39, 0.29) is 17.6 Å². The molecule has 0 radical (unpaired) electrons. The maximum atomic E-state index is 12.2. The van der Waals surface area contributed by atoms with E-state index in [1.807, 2.05) is 24.4 Å². The minimum absolute atomic E-state index is 0.0609. The monoisotopic (exact) mass is 344 g/mol. The second-order valence-corrected chi connectivity index (χ2v) is 7.75. The van der Waals surface area contributed by atoms with Gasteiger partial charge in [-0.25, -0.2) is 4.99 Å². The van der Waals surface area contributed by atoms with Gasteiger partial charge in [-0.3, -0.25) is 4.79 Å². The molecule has 23 heavy (non-hydrogen) atoms. The number of aliphatic imine (C=N–C) groups is 1. The van der Waals surface area contributed by atoms with E-state index in [4.69, 9.17) is 0 Å². The van der Waals surface area contributed by atoms with Crippen molar-refractivity contribution in [2.24, 2.45) is 10.9 Å². The van der Waals surface area contributed by atoms with Crippen LogP contribution in [0.15, 0.2) is 44.8 Å². The number of carbonyl (C=O) groups is 1. The summed E-state index contributed by atoms with van der Waals surface area (Å²) in [7, 11) is 0. The number of hydrogen-bond donors (Lipinski definition) is 0. The van der Waals surface area contributed by atoms with Crippen molar-refractivity contribution in [1.82, 2.24) is 0 Å². The Balaban J connectivity index is 2.47. The van der Waals surface area contributed by atoms with E-state index >= 15 is 0 Å². The van der Waals surface area contributed by atoms with E-state index in [0.717, 1.165) is 21.4 Å². The topological polar surface area (TPSA) is 53.2 Å². The van der Waals surface area contributed by atoms with E-state index in [2.05, 4.69) is 31.0 Å². The van der Waals surface area contributed by atoms with Crippen LogP contribution in [0.3, 0.4) is 0 Å². The molecule has 0 aliphatic carbocycles. The number of carbonyl (C=O) groups excluding carboxylic acids is 1. The lowest BCUT2D eigenvalue weighted by molar-refractivity contribution is -0.119. The molecular formula is C18H20N2OS2. The van der Waals surface area contributed by atoms with E-state index < -0.39 is 0 Å². The van der Waals surface area contributed by atoms with Gasteiger partial charge >= 0.3 is 0 Å². The molecule has 1 aromatic heterocycles. The molecule has 0 saturated heterocycles. The second kappa shape index (κ2) is 7.76. The number of thioether (sulfide) groups is 1. The van der Waals surface area contributed by atoms with Gasteiger partial charge in [0.1, 0.15) is 10.8 Å². The molecule has 0 saturated carbocycles. The zero-order valence-corrected chi connectivity index (χ0v) is 15.4. The highest BCUT2D eigenvalue weighted by Crippen LogP contribution is 2.43. The van der Waals surface area contributed by atoms with Crippen LogP contribution < -0.4 is 0 Å². The number of ketones is 1. The molecular weight excluding hydrogens is 324 g/mol. The molecule has 3 nitrogen and oxygen atoms in total. The minimum Gasteiger partial charge on any atom is -0.299 e. The Morgan fingerprint density at radius 1 is 1.48 bits per heavy atom. The van der Waals surface area contributed by atoms with Crippen LogP contribution in [0.25, 0.3) is 0 Å². The number of rotatable bonds is 5. The van der Waals surface area contributed by atoms with Crippen molar-refractivity contribution >= 4 is 34.6 Å². The highest BCUT2D eigenvalue weighted by atomic mass is 32.2. The third-order valence-electron chi connectivity index (χ3n) is 3.72. The quantitative estimate of drug-likeness (QED) is 0.710. The Kier molecular flexibility index (Phi) is 5.97. The largest absolute Gasteiger partial charge is 0.299 e. The highest BCUT2D eigenvalue weighted by molar-refractivity contribution is 8.03. The molecule has 2 atom stereocenters. The molecule has 2 rings (SSSR count). The summed E-state index contributed by atoms with van der Waals surface area (Å²) >= 11 is 3.15. The van der Waals surface area contributed by atoms with Crippen LogP contribution in [0.2, 0.25) is 0 Å². The summed E-state index contributed by atoms with van der Waals surface area (Å²) in [5, 5.41) is 12.4. The summed E-state index contributed by atoms with van der Waals surface area (Å²) in [6.07, 6.45) is 2.12. The maximum Gasteiger partial charge on any atom is 0.139 e. The molecule has 0 bridgehead atoms. The van der Waals surface area contributed by atoms with E-state index in [9.17, 15) is 10.1 Å². The van der Waals surface area contributed by atoms with Crippen molar-refractivity contribution in [3.05, 3.63) is 44.6 Å². The molecule has 0 N–H and O–H groups in total. The lowest BCUT2D eigenvalue weighted by Crippen LogP contribution is -2.30. The highest BCUT2D eigenvalue weighted by Gasteiger charge is 2.38. The molecule has 0 aromatic carbocycles. The fourth-order valence-electron chi connectivity index (χ4n) is 2.65. The smallest absolute Gasteiger partial charge is 0.139 e. The molecule has 0 spiro atoms. The summed E-state index contributed by atoms with van der Waals surface area (Å²) in [5.41, 5.74) is 2.66. The summed E-state index contributed by atoms with van der Waals surface area (Å²) in [5.74, 6) is 0.299. The fourth-order valence-corrected chi connectivity index (χ4v) is 4.63. The third kappa shape index (κ3) is 4.01. The Hall–Kier alpha value is -1.64. The first-order valence-corrected chi connectivity index (χ1v) is 9.31. The Morgan fingerprint density at radius 3 is 2.74 bits per heavy atom. The molecule has 0 fully saturated rings. The van der Waals surface area contributed by atoms with Gasteiger partial charge in [0.05, 0.1) is 17.6 Å². The van der Waals surface area contributed by atoms with E-state index in [1.165, 1.54) is 5.57 Å². The summed E-state index contributed by atoms with van der Waals surface area (Å²) < 4.78 is 0. The van der Waals surface area contributed by atoms with Crippen molar-refractivity contribution < 1.29 is 4.79 Å². The Labute approximate surface area is 145 Å². The molecule has 0 amide bonds. The van der Waals surface area contributed by atoms with Crippen LogP contribution in [-0.4, -0.2) is 17.2 Å². The average molecular weight is 345 g/mol. The van der Waals surface area contributed by atoms with Crippen molar-refractivity contribution in [3.8, 4) is 6.07 Å². The van der Waals surface area contributed by atoms with Crippen LogP contribution in [-0.2, 0) is 4.79 Å². The fraction of sp³-hybridized carbons (Fsp3) is 0.389. The minimum atomic E-state index is -0.337. The maximum absolute atomic E-state index is 12.2. The van der Waals surface area contributed by atoms with Gasteiger partial charge in [0, 0.05) is 22.3 Å². The standard InChI is InChI=1S/C18H20N2OS2/c1-11(2)7-9-23-18-14(10-19)17(15-6-5-8-22-15)16(13(4)21)12(3)20-18/h5-8,16-17H,9H2,1-4H3/t16?,17-/m1/s1. The van der Waals surface area contributed by atoms with Crippen molar-refractivity contribution in [2.75, 3.05) is 5.75 Å². The number of hydrogen-bond acceptors (Lipinski definition) is 5. The van der Waals surface area contributed by atoms with Crippen LogP contribution in [0.5, 0.6) is 0 Å². The van der Waals surface area contributed by atoms with Gasteiger partial charge in [0.25, 0.3) is 0 Å². The first-order chi connectivity index (χ1) is 11.0. The summed E-state index contributed by atoms with van der Waals surface area (Å²) in [6.45, 7) is 7.58. The molecule has 1 aromatic rings. The number of allylic oxidation sites excluding steroid dienone is 2. The van der Waals surface area contributed by atoms with Gasteiger partial charge in [0.2, 0.25) is 0 Å². The van der Waals surface area contributed by atoms with Crippen molar-refractivity contribution in [3.63, 3.8) is 0 Å². The number of nitriles is 1. The predicted octanol–water partition coefficient (Wildman–Crippen LogP) is 4.95. The van der Waals surface area contributed by atoms with E-state index in [0.29, 0.717) is 5.57 Å². The molecule has 120 valence electrons. The number of Topliss-reactive ketones (excluding diaryl/α,β-unsaturated/α-hetero) is 1. The van der Waals surface area contributed by atoms with Crippen LogP contribution >= 0.6 is 23.1 Å². The van der Waals surface area contributed by atoms with Gasteiger partial charge in [-0.2, -0.15) is 5.26 Å². The van der Waals surface area contributed by atoms with Crippen LogP contribution in [0.4, 0.5) is 0 Å². The normalized spacial score (nSPS) is 20.7. The van der Waals surface area contributed by atoms with Crippen molar-refractivity contribution in [1.29, 1.82) is 5.26 Å². The molecule has 5 heteroatoms. The van der Waals surface area contributed by atoms with Gasteiger partial charge in [-0.15, -0.1) is 23.1 Å². The SMILES string of the molecule is CC(=O)C1C(C)=NC(SCC=C(C)C)=C(C#N)[C@@H]1c1cccs1. The lowest BCUT2D eigenvalue weighted by atomic mass is 9.79. The molecule has 1 aliphatic rings. The Bertz CT molecular complexity index is 717. The predicted molar refractivity (Wildman–Crippen MR) is 98.9 cm³/mol. The summed E-state index contributed by atoms with van der Waals surface area (Å²) in [6, 6.07) is 6.28. The number of nitrogens with zero attached hydrogens (tertiary/aromatic N) is 2. The molecule has 2 heterocycles. The van der Waals surface area contributed by atoms with Gasteiger partial charge < -0.3 is 0 Å². The lowest BCUT2D eigenvalue weighted by Gasteiger charge is -2.29. The second-order valence-electron chi connectivity index (χ2n) is 5.76. The summed E-state index contributed by atoms with van der Waals surface area (Å²) in [4.78, 5) is 17.8. The first kappa shape index (κ1) is 17.7. The van der Waals surface area contributed by atoms with E-state index in [1.54, 1.807) is 30.0 Å². The zero-order chi connectivity index (χ0) is 17.0. The zero-order valence-electron chi connectivity index (χ0n) is 13.8. The third-order valence-corrected chi connectivity index (χ3v) is 5.60. The van der Waals surface area contributed by atoms with Crippen LogP contribution in [0.1, 0.15) is 38.5 Å². The average Bonchev–Trinajstić information content (AvgIpc) is 2.99. The Morgan fingerprint density at radius 2 is 2.22 bits per heavy atom. The van der Waals surface area contributed by atoms with Crippen molar-refractivity contribution in [2.45, 2.75) is 33.6 Å². The van der Waals surface area contributed by atoms with Crippen LogP contribution in [0, 0.1) is 17.2 Å². The van der Waals surface area contributed by atoms with Gasteiger partial charge in [0.15, 0.2) is 0 Å². The molecule has 1 aliphatic heterocycles. The molecule has 1 unspecified atom stereocenters. The number of thiophene rings is 1. The van der Waals surface area contributed by atoms with Gasteiger partial charge in [-0.1, -0.05) is 17.7 Å². The first-order valence-electron chi connectivity index (χ1n) is 7.45. The van der Waals surface area contributed by atoms with Gasteiger partial charge in [-0.05, 0) is 39.1 Å².